The first kappa shape index (κ1) is 18.0. The molecule has 1 unspecified atom stereocenters. The van der Waals surface area contributed by atoms with E-state index in [0.717, 1.165) is 26.7 Å². The van der Waals surface area contributed by atoms with Gasteiger partial charge in [-0.3, -0.25) is 0 Å². The molecular weight excluding hydrogens is 386 g/mol. The lowest BCUT2D eigenvalue weighted by Crippen LogP contribution is -2.38. The molecule has 0 bridgehead atoms. The Labute approximate surface area is 138 Å². The fourth-order valence-electron chi connectivity index (χ4n) is 2.39. The maximum absolute atomic E-state index is 10.3. The van der Waals surface area contributed by atoms with Crippen LogP contribution >= 0.6 is 31.9 Å². The second kappa shape index (κ2) is 7.78. The van der Waals surface area contributed by atoms with Crippen molar-refractivity contribution in [3.8, 4) is 5.75 Å². The molecule has 1 aromatic rings. The summed E-state index contributed by atoms with van der Waals surface area (Å²) in [5, 5.41) is 13.6. The van der Waals surface area contributed by atoms with Crippen molar-refractivity contribution in [3.05, 3.63) is 26.6 Å². The van der Waals surface area contributed by atoms with E-state index in [9.17, 15) is 5.11 Å². The van der Waals surface area contributed by atoms with E-state index in [1.54, 1.807) is 7.11 Å². The fourth-order valence-corrected chi connectivity index (χ4v) is 3.87. The Morgan fingerprint density at radius 1 is 1.35 bits per heavy atom. The molecule has 0 radical (unpaired) electrons. The van der Waals surface area contributed by atoms with Gasteiger partial charge in [-0.25, -0.2) is 0 Å². The minimum absolute atomic E-state index is 0.473. The molecule has 0 saturated heterocycles. The summed E-state index contributed by atoms with van der Waals surface area (Å²) in [5.41, 5.74) is 0.360. The number of rotatable bonds is 7. The molecule has 1 rings (SSSR count). The zero-order chi connectivity index (χ0) is 15.3. The van der Waals surface area contributed by atoms with E-state index in [2.05, 4.69) is 51.0 Å². The summed E-state index contributed by atoms with van der Waals surface area (Å²) in [7, 11) is 1.66. The molecule has 1 atom stereocenters. The first-order valence-corrected chi connectivity index (χ1v) is 8.29. The Kier molecular flexibility index (Phi) is 6.98. The van der Waals surface area contributed by atoms with Crippen molar-refractivity contribution in [1.82, 2.24) is 5.32 Å². The average molecular weight is 409 g/mol. The van der Waals surface area contributed by atoms with Gasteiger partial charge in [-0.05, 0) is 47.3 Å². The lowest BCUT2D eigenvalue weighted by atomic mass is 9.94. The van der Waals surface area contributed by atoms with E-state index in [1.165, 1.54) is 0 Å². The molecular formula is C15H23Br2NO2. The Hall–Kier alpha value is -0.100. The van der Waals surface area contributed by atoms with Gasteiger partial charge in [0.25, 0.3) is 0 Å². The van der Waals surface area contributed by atoms with Crippen molar-refractivity contribution < 1.29 is 9.84 Å². The van der Waals surface area contributed by atoms with Crippen LogP contribution in [-0.2, 0) is 6.54 Å². The molecule has 2 N–H and O–H groups in total. The van der Waals surface area contributed by atoms with Crippen molar-refractivity contribution in [1.29, 1.82) is 0 Å². The minimum atomic E-state index is -0.690. The molecule has 114 valence electrons. The van der Waals surface area contributed by atoms with Crippen LogP contribution < -0.4 is 10.1 Å². The molecule has 0 aliphatic rings. The number of benzene rings is 1. The van der Waals surface area contributed by atoms with E-state index in [-0.39, 0.29) is 0 Å². The smallest absolute Gasteiger partial charge is 0.137 e. The number of hydrogen-bond acceptors (Lipinski definition) is 3. The SMILES string of the molecule is COc1c(Br)cc(Br)cc1CNCC(C)(O)CC(C)C. The predicted molar refractivity (Wildman–Crippen MR) is 90.2 cm³/mol. The van der Waals surface area contributed by atoms with Crippen LogP contribution in [0.5, 0.6) is 5.75 Å². The van der Waals surface area contributed by atoms with Crippen LogP contribution in [0.1, 0.15) is 32.8 Å². The zero-order valence-electron chi connectivity index (χ0n) is 12.5. The van der Waals surface area contributed by atoms with E-state index in [4.69, 9.17) is 4.74 Å². The summed E-state index contributed by atoms with van der Waals surface area (Å²) in [6.45, 7) is 7.30. The van der Waals surface area contributed by atoms with E-state index < -0.39 is 5.60 Å². The van der Waals surface area contributed by atoms with Gasteiger partial charge in [-0.1, -0.05) is 29.8 Å². The standard InChI is InChI=1S/C15H23Br2NO2/c1-10(2)7-15(3,19)9-18-8-11-5-12(16)6-13(17)14(11)20-4/h5-6,10,18-19H,7-9H2,1-4H3. The normalized spacial score (nSPS) is 14.4. The molecule has 3 nitrogen and oxygen atoms in total. The second-order valence-corrected chi connectivity index (χ2v) is 7.55. The number of nitrogens with one attached hydrogen (secondary N) is 1. The largest absolute Gasteiger partial charge is 0.495 e. The number of halogens is 2. The molecule has 0 aromatic heterocycles. The molecule has 5 heteroatoms. The maximum atomic E-state index is 10.3. The molecule has 0 spiro atoms. The predicted octanol–water partition coefficient (Wildman–Crippen LogP) is 4.11. The zero-order valence-corrected chi connectivity index (χ0v) is 15.6. The molecule has 0 amide bonds. The highest BCUT2D eigenvalue weighted by Gasteiger charge is 2.21. The summed E-state index contributed by atoms with van der Waals surface area (Å²) >= 11 is 6.97. The van der Waals surface area contributed by atoms with Crippen molar-refractivity contribution in [2.24, 2.45) is 5.92 Å². The third-order valence-electron chi connectivity index (χ3n) is 2.96. The molecule has 20 heavy (non-hydrogen) atoms. The highest BCUT2D eigenvalue weighted by atomic mass is 79.9. The van der Waals surface area contributed by atoms with Crippen molar-refractivity contribution in [2.45, 2.75) is 39.3 Å². The monoisotopic (exact) mass is 407 g/mol. The fraction of sp³-hybridized carbons (Fsp3) is 0.600. The van der Waals surface area contributed by atoms with Crippen LogP contribution in [0, 0.1) is 5.92 Å². The van der Waals surface area contributed by atoms with Crippen LogP contribution in [0.4, 0.5) is 0 Å². The van der Waals surface area contributed by atoms with Crippen LogP contribution in [0.15, 0.2) is 21.1 Å². The number of hydrogen-bond donors (Lipinski definition) is 2. The summed E-state index contributed by atoms with van der Waals surface area (Å²) in [6, 6.07) is 3.98. The minimum Gasteiger partial charge on any atom is -0.495 e. The maximum Gasteiger partial charge on any atom is 0.137 e. The molecule has 0 saturated carbocycles. The van der Waals surface area contributed by atoms with Gasteiger partial charge in [-0.15, -0.1) is 0 Å². The Bertz CT molecular complexity index is 448. The van der Waals surface area contributed by atoms with Gasteiger partial charge in [0.15, 0.2) is 0 Å². The lowest BCUT2D eigenvalue weighted by molar-refractivity contribution is 0.0383. The van der Waals surface area contributed by atoms with Gasteiger partial charge in [0.2, 0.25) is 0 Å². The summed E-state index contributed by atoms with van der Waals surface area (Å²) in [5.74, 6) is 1.30. The van der Waals surface area contributed by atoms with E-state index in [0.29, 0.717) is 19.0 Å². The topological polar surface area (TPSA) is 41.5 Å². The Morgan fingerprint density at radius 2 is 2.00 bits per heavy atom. The highest BCUT2D eigenvalue weighted by molar-refractivity contribution is 9.11. The lowest BCUT2D eigenvalue weighted by Gasteiger charge is -2.26. The van der Waals surface area contributed by atoms with E-state index in [1.807, 2.05) is 19.1 Å². The highest BCUT2D eigenvalue weighted by Crippen LogP contribution is 2.32. The van der Waals surface area contributed by atoms with Crippen molar-refractivity contribution in [3.63, 3.8) is 0 Å². The van der Waals surface area contributed by atoms with Crippen LogP contribution in [0.2, 0.25) is 0 Å². The molecule has 0 aliphatic heterocycles. The number of methoxy groups -OCH3 is 1. The van der Waals surface area contributed by atoms with Gasteiger partial charge < -0.3 is 15.2 Å². The molecule has 1 aromatic carbocycles. The third-order valence-corrected chi connectivity index (χ3v) is 4.01. The first-order valence-electron chi connectivity index (χ1n) is 6.70. The van der Waals surface area contributed by atoms with Crippen molar-refractivity contribution >= 4 is 31.9 Å². The van der Waals surface area contributed by atoms with E-state index >= 15 is 0 Å². The summed E-state index contributed by atoms with van der Waals surface area (Å²) < 4.78 is 7.32. The van der Waals surface area contributed by atoms with Crippen molar-refractivity contribution in [2.75, 3.05) is 13.7 Å². The Morgan fingerprint density at radius 3 is 2.55 bits per heavy atom. The van der Waals surface area contributed by atoms with Crippen LogP contribution in [-0.4, -0.2) is 24.4 Å². The molecule has 0 fully saturated rings. The van der Waals surface area contributed by atoms with Gasteiger partial charge in [0.05, 0.1) is 17.2 Å². The molecule has 0 heterocycles. The molecule has 0 aliphatic carbocycles. The van der Waals surface area contributed by atoms with Gasteiger partial charge >= 0.3 is 0 Å². The van der Waals surface area contributed by atoms with Gasteiger partial charge in [0, 0.05) is 23.1 Å². The number of aliphatic hydroxyl groups is 1. The van der Waals surface area contributed by atoms with Gasteiger partial charge in [-0.2, -0.15) is 0 Å². The van der Waals surface area contributed by atoms with Gasteiger partial charge in [0.1, 0.15) is 5.75 Å². The average Bonchev–Trinajstić information content (AvgIpc) is 2.26. The summed E-state index contributed by atoms with van der Waals surface area (Å²) in [4.78, 5) is 0. The quantitative estimate of drug-likeness (QED) is 0.713. The number of ether oxygens (including phenoxy) is 1. The second-order valence-electron chi connectivity index (χ2n) is 5.78. The third kappa shape index (κ3) is 5.72. The Balaban J connectivity index is 2.66. The van der Waals surface area contributed by atoms with Crippen LogP contribution in [0.3, 0.4) is 0 Å². The van der Waals surface area contributed by atoms with Crippen LogP contribution in [0.25, 0.3) is 0 Å². The first-order chi connectivity index (χ1) is 9.25. The summed E-state index contributed by atoms with van der Waals surface area (Å²) in [6.07, 6.45) is 0.777.